The summed E-state index contributed by atoms with van der Waals surface area (Å²) in [6.45, 7) is 4.78. The van der Waals surface area contributed by atoms with Gasteiger partial charge in [0.05, 0.1) is 41.7 Å². The maximum Gasteiger partial charge on any atom is 0.344 e. The first-order valence-corrected chi connectivity index (χ1v) is 15.1. The van der Waals surface area contributed by atoms with Crippen LogP contribution in [0.15, 0.2) is 46.7 Å². The minimum absolute atomic E-state index is 0.173. The number of hydrogen-bond donors (Lipinski definition) is 3. The van der Waals surface area contributed by atoms with Gasteiger partial charge in [0.25, 0.3) is 5.91 Å². The van der Waals surface area contributed by atoms with E-state index in [4.69, 9.17) is 23.7 Å². The van der Waals surface area contributed by atoms with Crippen molar-refractivity contribution in [2.75, 3.05) is 33.5 Å². The maximum absolute atomic E-state index is 12.6. The molecule has 0 fully saturated rings. The predicted molar refractivity (Wildman–Crippen MR) is 172 cm³/mol. The second-order valence-corrected chi connectivity index (χ2v) is 11.1. The lowest BCUT2D eigenvalue weighted by Crippen LogP contribution is -2.45. The van der Waals surface area contributed by atoms with Crippen molar-refractivity contribution in [2.45, 2.75) is 26.8 Å². The topological polar surface area (TPSA) is 163 Å². The number of halogens is 2. The normalized spacial score (nSPS) is 14.5. The van der Waals surface area contributed by atoms with Crippen LogP contribution in [0.25, 0.3) is 0 Å². The van der Waals surface area contributed by atoms with E-state index in [2.05, 4.69) is 66.3 Å². The van der Waals surface area contributed by atoms with Crippen molar-refractivity contribution in [2.24, 2.45) is 5.10 Å². The Kier molecular flexibility index (Phi) is 12.8. The summed E-state index contributed by atoms with van der Waals surface area (Å²) in [5.74, 6) is -0.656. The Hall–Kier alpha value is -3.61. The predicted octanol–water partition coefficient (Wildman–Crippen LogP) is 3.57. The summed E-state index contributed by atoms with van der Waals surface area (Å²) in [6.07, 6.45) is 1.40. The van der Waals surface area contributed by atoms with Crippen molar-refractivity contribution in [1.82, 2.24) is 16.1 Å². The molecule has 13 nitrogen and oxygen atoms in total. The van der Waals surface area contributed by atoms with Gasteiger partial charge in [-0.15, -0.1) is 0 Å². The molecule has 1 heterocycles. The second kappa shape index (κ2) is 16.3. The van der Waals surface area contributed by atoms with Crippen molar-refractivity contribution in [1.29, 1.82) is 0 Å². The molecule has 0 bridgehead atoms. The molecular weight excluding hydrogens is 790 g/mol. The van der Waals surface area contributed by atoms with E-state index in [1.54, 1.807) is 45.0 Å². The molecule has 0 radical (unpaired) electrons. The van der Waals surface area contributed by atoms with Gasteiger partial charge in [0, 0.05) is 14.8 Å². The lowest BCUT2D eigenvalue weighted by atomic mass is 9.95. The van der Waals surface area contributed by atoms with Crippen LogP contribution >= 0.6 is 45.2 Å². The van der Waals surface area contributed by atoms with Crippen molar-refractivity contribution in [3.05, 3.63) is 59.9 Å². The quantitative estimate of drug-likeness (QED) is 0.119. The van der Waals surface area contributed by atoms with Crippen LogP contribution in [0, 0.1) is 7.14 Å². The van der Waals surface area contributed by atoms with Crippen molar-refractivity contribution in [3.8, 4) is 17.2 Å². The van der Waals surface area contributed by atoms with E-state index in [-0.39, 0.29) is 43.5 Å². The van der Waals surface area contributed by atoms with Gasteiger partial charge in [0.2, 0.25) is 0 Å². The molecule has 3 N–H and O–H groups in total. The number of amides is 3. The van der Waals surface area contributed by atoms with Gasteiger partial charge in [-0.1, -0.05) is 6.07 Å². The van der Waals surface area contributed by atoms with E-state index in [9.17, 15) is 19.2 Å². The second-order valence-electron chi connectivity index (χ2n) is 8.68. The smallest absolute Gasteiger partial charge is 0.344 e. The summed E-state index contributed by atoms with van der Waals surface area (Å²) in [7, 11) is 1.43. The number of urea groups is 1. The molecule has 0 unspecified atom stereocenters. The maximum atomic E-state index is 12.6. The number of benzene rings is 2. The average Bonchev–Trinajstić information content (AvgIpc) is 2.95. The molecular formula is C28H30I2N4O9. The molecule has 1 atom stereocenters. The Balaban J connectivity index is 1.68. The summed E-state index contributed by atoms with van der Waals surface area (Å²) in [5, 5.41) is 9.30. The number of hydrazone groups is 1. The average molecular weight is 820 g/mol. The third kappa shape index (κ3) is 9.44. The lowest BCUT2D eigenvalue weighted by molar-refractivity contribution is -0.145. The van der Waals surface area contributed by atoms with Gasteiger partial charge in [0.1, 0.15) is 5.75 Å². The highest BCUT2D eigenvalue weighted by Gasteiger charge is 2.32. The highest BCUT2D eigenvalue weighted by molar-refractivity contribution is 14.1. The molecule has 230 valence electrons. The van der Waals surface area contributed by atoms with Crippen LogP contribution in [0.2, 0.25) is 0 Å². The fourth-order valence-corrected chi connectivity index (χ4v) is 5.96. The minimum Gasteiger partial charge on any atom is -0.493 e. The van der Waals surface area contributed by atoms with Crippen LogP contribution in [0.4, 0.5) is 4.79 Å². The van der Waals surface area contributed by atoms with Gasteiger partial charge in [-0.05, 0) is 95.8 Å². The molecule has 3 amide bonds. The molecule has 0 saturated heterocycles. The Morgan fingerprint density at radius 3 is 2.47 bits per heavy atom. The van der Waals surface area contributed by atoms with Crippen LogP contribution in [-0.2, 0) is 23.9 Å². The number of allylic oxidation sites excluding steroid dienone is 1. The molecule has 3 rings (SSSR count). The number of nitrogens with zero attached hydrogens (tertiary/aromatic N) is 1. The zero-order valence-electron chi connectivity index (χ0n) is 23.7. The number of carbonyl (C=O) groups excluding carboxylic acids is 4. The molecule has 1 aliphatic heterocycles. The number of carbonyl (C=O) groups is 4. The minimum atomic E-state index is -0.788. The van der Waals surface area contributed by atoms with Gasteiger partial charge in [-0.25, -0.2) is 19.8 Å². The lowest BCUT2D eigenvalue weighted by Gasteiger charge is -2.28. The van der Waals surface area contributed by atoms with E-state index >= 15 is 0 Å². The van der Waals surface area contributed by atoms with E-state index < -0.39 is 29.9 Å². The first-order valence-electron chi connectivity index (χ1n) is 12.9. The summed E-state index contributed by atoms with van der Waals surface area (Å²) in [5.41, 5.74) is 4.12. The first-order chi connectivity index (χ1) is 20.6. The Morgan fingerprint density at radius 2 is 1.77 bits per heavy atom. The van der Waals surface area contributed by atoms with Gasteiger partial charge < -0.3 is 34.3 Å². The van der Waals surface area contributed by atoms with E-state index in [1.807, 2.05) is 6.07 Å². The van der Waals surface area contributed by atoms with Crippen LogP contribution in [0.3, 0.4) is 0 Å². The monoisotopic (exact) mass is 820 g/mol. The molecule has 0 spiro atoms. The van der Waals surface area contributed by atoms with Crippen LogP contribution in [-0.4, -0.2) is 63.6 Å². The molecule has 0 aliphatic carbocycles. The third-order valence-corrected chi connectivity index (χ3v) is 7.14. The number of methoxy groups -OCH3 is 1. The van der Waals surface area contributed by atoms with Gasteiger partial charge >= 0.3 is 18.0 Å². The Bertz CT molecular complexity index is 1450. The van der Waals surface area contributed by atoms with E-state index in [1.165, 1.54) is 13.3 Å². The molecule has 1 aliphatic rings. The van der Waals surface area contributed by atoms with E-state index in [0.29, 0.717) is 22.6 Å². The van der Waals surface area contributed by atoms with Crippen molar-refractivity contribution >= 4 is 75.3 Å². The molecule has 2 aromatic carbocycles. The molecule has 2 aromatic rings. The summed E-state index contributed by atoms with van der Waals surface area (Å²) >= 11 is 4.22. The highest BCUT2D eigenvalue weighted by Crippen LogP contribution is 2.34. The van der Waals surface area contributed by atoms with Gasteiger partial charge in [-0.2, -0.15) is 5.10 Å². The number of rotatable bonds is 13. The van der Waals surface area contributed by atoms with Gasteiger partial charge in [-0.3, -0.25) is 4.79 Å². The molecule has 0 aromatic heterocycles. The largest absolute Gasteiger partial charge is 0.493 e. The standard InChI is InChI=1S/C28H30I2N4O9/c1-5-40-23(36)14-43-26-17(9-18(29)11-19(26)30)12-31-34-22(35)13-42-20-8-7-16(10-21(20)39-4)25-24(27(37)41-6-2)15(3)32-28(38)33-25/h7-12,25H,5-6,13-14H2,1-4H3,(H,34,35)(H2,32,33,38)/b31-12+/t25-/m1/s1. The number of esters is 2. The summed E-state index contributed by atoms with van der Waals surface area (Å²) < 4.78 is 28.5. The molecule has 15 heteroatoms. The first kappa shape index (κ1) is 33.9. The highest BCUT2D eigenvalue weighted by atomic mass is 127. The Morgan fingerprint density at radius 1 is 1.02 bits per heavy atom. The zero-order valence-corrected chi connectivity index (χ0v) is 28.1. The van der Waals surface area contributed by atoms with Gasteiger partial charge in [0.15, 0.2) is 24.7 Å². The zero-order chi connectivity index (χ0) is 31.5. The number of hydrogen-bond acceptors (Lipinski definition) is 10. The molecule has 0 saturated carbocycles. The third-order valence-electron chi connectivity index (χ3n) is 5.71. The van der Waals surface area contributed by atoms with Crippen LogP contribution < -0.4 is 30.3 Å². The fraction of sp³-hybridized carbons (Fsp3) is 0.321. The Labute approximate surface area is 275 Å². The molecule has 43 heavy (non-hydrogen) atoms. The van der Waals surface area contributed by atoms with E-state index in [0.717, 1.165) is 7.14 Å². The van der Waals surface area contributed by atoms with Crippen molar-refractivity contribution in [3.63, 3.8) is 0 Å². The van der Waals surface area contributed by atoms with Crippen molar-refractivity contribution < 1.29 is 42.9 Å². The summed E-state index contributed by atoms with van der Waals surface area (Å²) in [4.78, 5) is 49.0. The SMILES string of the molecule is CCOC(=O)COc1c(I)cc(I)cc1/C=N/NC(=O)COc1ccc([C@H]2NC(=O)NC(C)=C2C(=O)OCC)cc1OC. The van der Waals surface area contributed by atoms with Crippen LogP contribution in [0.1, 0.15) is 37.9 Å². The number of nitrogens with one attached hydrogen (secondary N) is 3. The fourth-order valence-electron chi connectivity index (χ4n) is 3.92. The van der Waals surface area contributed by atoms with Crippen LogP contribution in [0.5, 0.6) is 17.2 Å². The number of ether oxygens (including phenoxy) is 5. The summed E-state index contributed by atoms with van der Waals surface area (Å²) in [6, 6.07) is 7.22.